The van der Waals surface area contributed by atoms with E-state index in [1.165, 1.54) is 18.4 Å². The van der Waals surface area contributed by atoms with Gasteiger partial charge in [0, 0.05) is 12.1 Å². The molecule has 1 aromatic rings. The molecule has 0 spiro atoms. The maximum Gasteiger partial charge on any atom is 0.127 e. The number of benzene rings is 1. The Kier molecular flexibility index (Phi) is 5.20. The van der Waals surface area contributed by atoms with E-state index in [1.54, 1.807) is 6.07 Å². The predicted octanol–water partition coefficient (Wildman–Crippen LogP) is 4.82. The van der Waals surface area contributed by atoms with Crippen LogP contribution in [-0.4, -0.2) is 18.0 Å². The van der Waals surface area contributed by atoms with Gasteiger partial charge in [-0.15, -0.1) is 0 Å². The molecule has 2 heteroatoms. The highest BCUT2D eigenvalue weighted by Gasteiger charge is 2.22. The second-order valence-corrected chi connectivity index (χ2v) is 6.86. The van der Waals surface area contributed by atoms with Crippen LogP contribution in [0.5, 0.6) is 0 Å². The number of halogens is 1. The Bertz CT molecular complexity index is 431. The van der Waals surface area contributed by atoms with Crippen molar-refractivity contribution >= 4 is 0 Å². The smallest absolute Gasteiger partial charge is 0.127 e. The van der Waals surface area contributed by atoms with Crippen LogP contribution < -0.4 is 0 Å². The summed E-state index contributed by atoms with van der Waals surface area (Å²) in [5.74, 6) is 2.03. The van der Waals surface area contributed by atoms with Gasteiger partial charge < -0.3 is 0 Å². The zero-order chi connectivity index (χ0) is 14.7. The molecule has 0 amide bonds. The van der Waals surface area contributed by atoms with Crippen molar-refractivity contribution in [1.29, 1.82) is 0 Å². The van der Waals surface area contributed by atoms with Crippen molar-refractivity contribution in [3.8, 4) is 0 Å². The molecule has 2 rings (SSSR count). The lowest BCUT2D eigenvalue weighted by Crippen LogP contribution is -2.35. The van der Waals surface area contributed by atoms with Gasteiger partial charge >= 0.3 is 0 Å². The average molecular weight is 277 g/mol. The van der Waals surface area contributed by atoms with E-state index in [0.717, 1.165) is 37.0 Å². The van der Waals surface area contributed by atoms with Crippen molar-refractivity contribution in [1.82, 2.24) is 4.90 Å². The molecule has 0 N–H and O–H groups in total. The number of rotatable bonds is 4. The average Bonchev–Trinajstić information content (AvgIpc) is 2.41. The maximum atomic E-state index is 14.0. The minimum absolute atomic E-state index is 0.0552. The molecular weight excluding hydrogens is 249 g/mol. The molecule has 0 aromatic heterocycles. The third-order valence-corrected chi connectivity index (χ3v) is 4.71. The van der Waals surface area contributed by atoms with Crippen molar-refractivity contribution in [3.05, 3.63) is 35.1 Å². The summed E-state index contributed by atoms with van der Waals surface area (Å²) >= 11 is 0. The Balaban J connectivity index is 1.99. The molecule has 0 unspecified atom stereocenters. The van der Waals surface area contributed by atoms with Crippen molar-refractivity contribution in [3.63, 3.8) is 0 Å². The third-order valence-electron chi connectivity index (χ3n) is 4.71. The fourth-order valence-electron chi connectivity index (χ4n) is 3.09. The molecule has 1 saturated heterocycles. The SMILES string of the molecule is CC(C)c1ccc(F)c(CN2CCC(C(C)C)CC2)c1. The van der Waals surface area contributed by atoms with Gasteiger partial charge in [0.25, 0.3) is 0 Å². The number of hydrogen-bond donors (Lipinski definition) is 0. The molecule has 0 radical (unpaired) electrons. The van der Waals surface area contributed by atoms with E-state index in [0.29, 0.717) is 5.92 Å². The van der Waals surface area contributed by atoms with E-state index >= 15 is 0 Å². The Morgan fingerprint density at radius 1 is 1.15 bits per heavy atom. The van der Waals surface area contributed by atoms with Crippen molar-refractivity contribution in [2.45, 2.75) is 53.0 Å². The largest absolute Gasteiger partial charge is 0.299 e. The van der Waals surface area contributed by atoms with Crippen LogP contribution in [0.2, 0.25) is 0 Å². The maximum absolute atomic E-state index is 14.0. The quantitative estimate of drug-likeness (QED) is 0.763. The van der Waals surface area contributed by atoms with Crippen molar-refractivity contribution in [2.75, 3.05) is 13.1 Å². The van der Waals surface area contributed by atoms with Gasteiger partial charge in [0.2, 0.25) is 0 Å². The zero-order valence-electron chi connectivity index (χ0n) is 13.3. The highest BCUT2D eigenvalue weighted by molar-refractivity contribution is 5.27. The van der Waals surface area contributed by atoms with Gasteiger partial charge in [0.1, 0.15) is 5.82 Å². The van der Waals surface area contributed by atoms with Gasteiger partial charge in [0.15, 0.2) is 0 Å². The normalized spacial score (nSPS) is 18.1. The van der Waals surface area contributed by atoms with E-state index in [9.17, 15) is 4.39 Å². The van der Waals surface area contributed by atoms with E-state index in [2.05, 4.69) is 38.7 Å². The van der Waals surface area contributed by atoms with Crippen molar-refractivity contribution in [2.24, 2.45) is 11.8 Å². The number of likely N-dealkylation sites (tertiary alicyclic amines) is 1. The molecule has 112 valence electrons. The topological polar surface area (TPSA) is 3.24 Å². The monoisotopic (exact) mass is 277 g/mol. The van der Waals surface area contributed by atoms with E-state index in [-0.39, 0.29) is 5.82 Å². The second-order valence-electron chi connectivity index (χ2n) is 6.86. The molecule has 0 atom stereocenters. The Morgan fingerprint density at radius 3 is 2.35 bits per heavy atom. The molecule has 1 nitrogen and oxygen atoms in total. The van der Waals surface area contributed by atoms with Gasteiger partial charge in [0.05, 0.1) is 0 Å². The summed E-state index contributed by atoms with van der Waals surface area (Å²) in [6.07, 6.45) is 2.51. The van der Waals surface area contributed by atoms with E-state index in [1.807, 2.05) is 6.07 Å². The summed E-state index contributed by atoms with van der Waals surface area (Å²) < 4.78 is 14.0. The van der Waals surface area contributed by atoms with Gasteiger partial charge in [-0.3, -0.25) is 4.90 Å². The highest BCUT2D eigenvalue weighted by atomic mass is 19.1. The predicted molar refractivity (Wildman–Crippen MR) is 83.3 cm³/mol. The lowest BCUT2D eigenvalue weighted by molar-refractivity contribution is 0.150. The standard InChI is InChI=1S/C18H28FN/c1-13(2)15-7-9-20(10-8-15)12-17-11-16(14(3)4)5-6-18(17)19/h5-6,11,13-15H,7-10,12H2,1-4H3. The first-order chi connectivity index (χ1) is 9.47. The van der Waals surface area contributed by atoms with Crippen LogP contribution in [0.15, 0.2) is 18.2 Å². The van der Waals surface area contributed by atoms with Gasteiger partial charge in [-0.2, -0.15) is 0 Å². The Morgan fingerprint density at radius 2 is 1.80 bits per heavy atom. The first-order valence-corrected chi connectivity index (χ1v) is 7.98. The molecule has 1 aromatic carbocycles. The molecule has 0 saturated carbocycles. The second kappa shape index (κ2) is 6.71. The lowest BCUT2D eigenvalue weighted by Gasteiger charge is -2.34. The molecule has 1 aliphatic rings. The number of nitrogens with zero attached hydrogens (tertiary/aromatic N) is 1. The molecule has 1 aliphatic heterocycles. The van der Waals surface area contributed by atoms with Gasteiger partial charge in [-0.05, 0) is 55.3 Å². The molecule has 0 bridgehead atoms. The van der Waals surface area contributed by atoms with Crippen LogP contribution in [0.3, 0.4) is 0 Å². The molecule has 20 heavy (non-hydrogen) atoms. The van der Waals surface area contributed by atoms with Gasteiger partial charge in [-0.25, -0.2) is 4.39 Å². The molecule has 1 fully saturated rings. The molecular formula is C18H28FN. The highest BCUT2D eigenvalue weighted by Crippen LogP contribution is 2.26. The van der Waals surface area contributed by atoms with E-state index in [4.69, 9.17) is 0 Å². The summed E-state index contributed by atoms with van der Waals surface area (Å²) in [7, 11) is 0. The minimum atomic E-state index is -0.0552. The van der Waals surface area contributed by atoms with Gasteiger partial charge in [-0.1, -0.05) is 39.8 Å². The van der Waals surface area contributed by atoms with Crippen molar-refractivity contribution < 1.29 is 4.39 Å². The first kappa shape index (κ1) is 15.5. The summed E-state index contributed by atoms with van der Waals surface area (Å²) in [5, 5.41) is 0. The fourth-order valence-corrected chi connectivity index (χ4v) is 3.09. The minimum Gasteiger partial charge on any atom is -0.299 e. The summed E-state index contributed by atoms with van der Waals surface area (Å²) in [6.45, 7) is 11.9. The lowest BCUT2D eigenvalue weighted by atomic mass is 9.86. The Labute approximate surface area is 123 Å². The van der Waals surface area contributed by atoms with Crippen LogP contribution in [0.25, 0.3) is 0 Å². The number of piperidine rings is 1. The van der Waals surface area contributed by atoms with Crippen LogP contribution >= 0.6 is 0 Å². The van der Waals surface area contributed by atoms with Crippen LogP contribution in [0.4, 0.5) is 4.39 Å². The fraction of sp³-hybridized carbons (Fsp3) is 0.667. The zero-order valence-corrected chi connectivity index (χ0v) is 13.3. The third kappa shape index (κ3) is 3.82. The summed E-state index contributed by atoms with van der Waals surface area (Å²) in [5.41, 5.74) is 2.10. The summed E-state index contributed by atoms with van der Waals surface area (Å²) in [4.78, 5) is 2.40. The first-order valence-electron chi connectivity index (χ1n) is 7.98. The Hall–Kier alpha value is -0.890. The summed E-state index contributed by atoms with van der Waals surface area (Å²) in [6, 6.07) is 5.59. The molecule has 1 heterocycles. The van der Waals surface area contributed by atoms with Crippen LogP contribution in [0, 0.1) is 17.7 Å². The van der Waals surface area contributed by atoms with E-state index < -0.39 is 0 Å². The van der Waals surface area contributed by atoms with Crippen LogP contribution in [-0.2, 0) is 6.54 Å². The number of hydrogen-bond acceptors (Lipinski definition) is 1. The molecule has 0 aliphatic carbocycles. The van der Waals surface area contributed by atoms with Crippen LogP contribution in [0.1, 0.15) is 57.6 Å².